The van der Waals surface area contributed by atoms with Crippen LogP contribution < -0.4 is 24.8 Å². The molecule has 0 aromatic heterocycles. The second kappa shape index (κ2) is 9.77. The van der Waals surface area contributed by atoms with Gasteiger partial charge < -0.3 is 24.8 Å². The van der Waals surface area contributed by atoms with E-state index in [-0.39, 0.29) is 5.91 Å². The van der Waals surface area contributed by atoms with Crippen LogP contribution >= 0.6 is 11.6 Å². The topological polar surface area (TPSA) is 68.8 Å². The summed E-state index contributed by atoms with van der Waals surface area (Å²) in [6.45, 7) is 2.97. The summed E-state index contributed by atoms with van der Waals surface area (Å²) in [5.74, 6) is 1.80. The predicted molar refractivity (Wildman–Crippen MR) is 104 cm³/mol. The summed E-state index contributed by atoms with van der Waals surface area (Å²) in [6.07, 6.45) is 0.293. The van der Waals surface area contributed by atoms with Crippen LogP contribution in [0.15, 0.2) is 36.4 Å². The van der Waals surface area contributed by atoms with Crippen molar-refractivity contribution in [1.29, 1.82) is 0 Å². The van der Waals surface area contributed by atoms with E-state index in [2.05, 4.69) is 10.6 Å². The maximum absolute atomic E-state index is 12.1. The van der Waals surface area contributed by atoms with Crippen molar-refractivity contribution in [1.82, 2.24) is 0 Å². The summed E-state index contributed by atoms with van der Waals surface area (Å²) in [5.41, 5.74) is 1.44. The van der Waals surface area contributed by atoms with E-state index in [0.29, 0.717) is 41.8 Å². The Morgan fingerprint density at radius 2 is 1.77 bits per heavy atom. The fourth-order valence-electron chi connectivity index (χ4n) is 2.33. The number of benzene rings is 2. The van der Waals surface area contributed by atoms with Gasteiger partial charge in [-0.25, -0.2) is 0 Å². The monoisotopic (exact) mass is 378 g/mol. The molecule has 2 aromatic rings. The fourth-order valence-corrected chi connectivity index (χ4v) is 2.56. The molecule has 0 saturated carbocycles. The maximum Gasteiger partial charge on any atom is 0.226 e. The standard InChI is InChI=1S/C19H23ClN2O4/c1-4-26-14-7-5-13(6-8-14)22-19(23)9-10-21-16-12-17(24-2)15(20)11-18(16)25-3/h5-8,11-12,21H,4,9-10H2,1-3H3,(H,22,23). The lowest BCUT2D eigenvalue weighted by Gasteiger charge is -2.14. The molecule has 0 bridgehead atoms. The summed E-state index contributed by atoms with van der Waals surface area (Å²) >= 11 is 6.08. The SMILES string of the molecule is CCOc1ccc(NC(=O)CCNc2cc(OC)c(Cl)cc2OC)cc1. The van der Waals surface area contributed by atoms with Gasteiger partial charge in [-0.3, -0.25) is 4.79 Å². The van der Waals surface area contributed by atoms with Crippen LogP contribution in [0.2, 0.25) is 5.02 Å². The molecule has 0 aliphatic carbocycles. The average Bonchev–Trinajstić information content (AvgIpc) is 2.64. The van der Waals surface area contributed by atoms with Crippen LogP contribution in [0.4, 0.5) is 11.4 Å². The Bertz CT molecular complexity index is 735. The van der Waals surface area contributed by atoms with Gasteiger partial charge in [0.2, 0.25) is 5.91 Å². The zero-order chi connectivity index (χ0) is 18.9. The normalized spacial score (nSPS) is 10.2. The summed E-state index contributed by atoms with van der Waals surface area (Å²) in [6, 6.07) is 10.7. The first-order chi connectivity index (χ1) is 12.6. The average molecular weight is 379 g/mol. The van der Waals surface area contributed by atoms with E-state index in [1.165, 1.54) is 0 Å². The molecule has 1 amide bonds. The van der Waals surface area contributed by atoms with Gasteiger partial charge in [0.05, 0.1) is 31.5 Å². The second-order valence-corrected chi connectivity index (χ2v) is 5.78. The molecule has 140 valence electrons. The first-order valence-electron chi connectivity index (χ1n) is 8.25. The molecule has 0 spiro atoms. The molecule has 26 heavy (non-hydrogen) atoms. The van der Waals surface area contributed by atoms with Crippen molar-refractivity contribution in [2.24, 2.45) is 0 Å². The largest absolute Gasteiger partial charge is 0.495 e. The lowest BCUT2D eigenvalue weighted by molar-refractivity contribution is -0.115. The van der Waals surface area contributed by atoms with Crippen molar-refractivity contribution < 1.29 is 19.0 Å². The minimum atomic E-state index is -0.0958. The Balaban J connectivity index is 1.88. The van der Waals surface area contributed by atoms with Gasteiger partial charge in [-0.15, -0.1) is 0 Å². The Morgan fingerprint density at radius 1 is 1.08 bits per heavy atom. The molecule has 7 heteroatoms. The van der Waals surface area contributed by atoms with Crippen LogP contribution in [0.3, 0.4) is 0 Å². The van der Waals surface area contributed by atoms with E-state index >= 15 is 0 Å². The molecule has 2 N–H and O–H groups in total. The van der Waals surface area contributed by atoms with Crippen molar-refractivity contribution in [3.8, 4) is 17.2 Å². The van der Waals surface area contributed by atoms with Crippen molar-refractivity contribution >= 4 is 28.9 Å². The Morgan fingerprint density at radius 3 is 2.38 bits per heavy atom. The molecule has 0 atom stereocenters. The van der Waals surface area contributed by atoms with E-state index in [4.69, 9.17) is 25.8 Å². The number of nitrogens with one attached hydrogen (secondary N) is 2. The highest BCUT2D eigenvalue weighted by atomic mass is 35.5. The lowest BCUT2D eigenvalue weighted by atomic mass is 10.2. The van der Waals surface area contributed by atoms with Crippen LogP contribution in [-0.2, 0) is 4.79 Å². The van der Waals surface area contributed by atoms with E-state index in [1.807, 2.05) is 31.2 Å². The molecule has 0 unspecified atom stereocenters. The van der Waals surface area contributed by atoms with Gasteiger partial charge in [0.15, 0.2) is 0 Å². The minimum absolute atomic E-state index is 0.0958. The molecule has 0 aliphatic heterocycles. The molecule has 2 rings (SSSR count). The van der Waals surface area contributed by atoms with Crippen molar-refractivity contribution in [3.05, 3.63) is 41.4 Å². The summed E-state index contributed by atoms with van der Waals surface area (Å²) in [7, 11) is 3.10. The number of hydrogen-bond acceptors (Lipinski definition) is 5. The number of methoxy groups -OCH3 is 2. The van der Waals surface area contributed by atoms with Gasteiger partial charge in [0.1, 0.15) is 17.2 Å². The highest BCUT2D eigenvalue weighted by molar-refractivity contribution is 6.32. The molecule has 0 radical (unpaired) electrons. The number of amides is 1. The van der Waals surface area contributed by atoms with E-state index in [1.54, 1.807) is 26.4 Å². The smallest absolute Gasteiger partial charge is 0.226 e. The number of hydrogen-bond donors (Lipinski definition) is 2. The summed E-state index contributed by atoms with van der Waals surface area (Å²) in [5, 5.41) is 6.47. The Hall–Kier alpha value is -2.60. The number of halogens is 1. The lowest BCUT2D eigenvalue weighted by Crippen LogP contribution is -2.16. The fraction of sp³-hybridized carbons (Fsp3) is 0.316. The first kappa shape index (κ1) is 19.7. The van der Waals surface area contributed by atoms with E-state index in [0.717, 1.165) is 11.4 Å². The molecule has 2 aromatic carbocycles. The quantitative estimate of drug-likeness (QED) is 0.684. The van der Waals surface area contributed by atoms with Crippen LogP contribution in [-0.4, -0.2) is 33.3 Å². The van der Waals surface area contributed by atoms with Gasteiger partial charge in [-0.1, -0.05) is 11.6 Å². The van der Waals surface area contributed by atoms with Gasteiger partial charge in [-0.05, 0) is 31.2 Å². The third-order valence-electron chi connectivity index (χ3n) is 3.59. The Kier molecular flexibility index (Phi) is 7.41. The molecule has 0 saturated heterocycles. The third kappa shape index (κ3) is 5.46. The van der Waals surface area contributed by atoms with Crippen molar-refractivity contribution in [2.75, 3.05) is 38.0 Å². The van der Waals surface area contributed by atoms with Crippen molar-refractivity contribution in [2.45, 2.75) is 13.3 Å². The van der Waals surface area contributed by atoms with Gasteiger partial charge >= 0.3 is 0 Å². The molecular weight excluding hydrogens is 356 g/mol. The molecule has 0 heterocycles. The van der Waals surface area contributed by atoms with Crippen molar-refractivity contribution in [3.63, 3.8) is 0 Å². The predicted octanol–water partition coefficient (Wildman–Crippen LogP) is 4.20. The number of rotatable bonds is 9. The van der Waals surface area contributed by atoms with Crippen LogP contribution in [0.1, 0.15) is 13.3 Å². The summed E-state index contributed by atoms with van der Waals surface area (Å²) in [4.78, 5) is 12.1. The number of ether oxygens (including phenoxy) is 3. The first-order valence-corrected chi connectivity index (χ1v) is 8.63. The van der Waals surface area contributed by atoms with Gasteiger partial charge in [-0.2, -0.15) is 0 Å². The number of carbonyl (C=O) groups is 1. The highest BCUT2D eigenvalue weighted by Crippen LogP contribution is 2.35. The molecular formula is C19H23ClN2O4. The maximum atomic E-state index is 12.1. The van der Waals surface area contributed by atoms with Crippen LogP contribution in [0.5, 0.6) is 17.2 Å². The molecule has 6 nitrogen and oxygen atoms in total. The van der Waals surface area contributed by atoms with E-state index in [9.17, 15) is 4.79 Å². The van der Waals surface area contributed by atoms with Gasteiger partial charge in [0, 0.05) is 30.8 Å². The second-order valence-electron chi connectivity index (χ2n) is 5.37. The van der Waals surface area contributed by atoms with Crippen LogP contribution in [0, 0.1) is 0 Å². The van der Waals surface area contributed by atoms with Gasteiger partial charge in [0.25, 0.3) is 0 Å². The third-order valence-corrected chi connectivity index (χ3v) is 3.89. The molecule has 0 fully saturated rings. The van der Waals surface area contributed by atoms with Crippen LogP contribution in [0.25, 0.3) is 0 Å². The number of carbonyl (C=O) groups excluding carboxylic acids is 1. The van der Waals surface area contributed by atoms with E-state index < -0.39 is 0 Å². The zero-order valence-corrected chi connectivity index (χ0v) is 15.9. The highest BCUT2D eigenvalue weighted by Gasteiger charge is 2.10. The zero-order valence-electron chi connectivity index (χ0n) is 15.1. The number of anilines is 2. The minimum Gasteiger partial charge on any atom is -0.495 e. The molecule has 0 aliphatic rings. The Labute approximate surface area is 158 Å². The summed E-state index contributed by atoms with van der Waals surface area (Å²) < 4.78 is 15.9.